The van der Waals surface area contributed by atoms with Gasteiger partial charge < -0.3 is 10.2 Å². The van der Waals surface area contributed by atoms with Gasteiger partial charge in [0.1, 0.15) is 0 Å². The zero-order chi connectivity index (χ0) is 11.0. The minimum Gasteiger partial charge on any atom is -0.338 e. The molecule has 3 atom stereocenters. The molecule has 0 aromatic heterocycles. The quantitative estimate of drug-likeness (QED) is 0.729. The third-order valence-corrected chi connectivity index (χ3v) is 4.65. The van der Waals surface area contributed by atoms with Crippen LogP contribution >= 0.6 is 0 Å². The molecule has 3 rings (SSSR count). The molecule has 0 bridgehead atoms. The minimum atomic E-state index is 0.140. The Labute approximate surface area is 97.6 Å². The first-order valence-corrected chi connectivity index (χ1v) is 6.90. The third-order valence-electron chi connectivity index (χ3n) is 4.65. The fraction of sp³-hybridized carbons (Fsp3) is 0.923. The van der Waals surface area contributed by atoms with Crippen LogP contribution in [0, 0.1) is 5.92 Å². The Morgan fingerprint density at radius 1 is 1.06 bits per heavy atom. The van der Waals surface area contributed by atoms with Crippen molar-refractivity contribution in [2.45, 2.75) is 57.0 Å². The molecule has 0 spiro atoms. The first-order valence-electron chi connectivity index (χ1n) is 6.90. The van der Waals surface area contributed by atoms with E-state index in [1.54, 1.807) is 0 Å². The lowest BCUT2D eigenvalue weighted by molar-refractivity contribution is -0.134. The Balaban J connectivity index is 1.67. The molecule has 16 heavy (non-hydrogen) atoms. The maximum Gasteiger partial charge on any atom is 0.239 e. The number of amides is 1. The standard InChI is InChI=1S/C13H22N2O/c16-13(11-5-3-8-14-11)15-9-7-10-4-1-2-6-12(10)15/h10-12,14H,1-9H2/t10?,11-,12?/m1/s1. The van der Waals surface area contributed by atoms with Crippen molar-refractivity contribution < 1.29 is 4.79 Å². The highest BCUT2D eigenvalue weighted by Crippen LogP contribution is 2.36. The largest absolute Gasteiger partial charge is 0.338 e. The first kappa shape index (κ1) is 10.6. The molecule has 1 N–H and O–H groups in total. The Hall–Kier alpha value is -0.570. The van der Waals surface area contributed by atoms with Gasteiger partial charge in [-0.05, 0) is 44.6 Å². The minimum absolute atomic E-state index is 0.140. The molecule has 1 saturated carbocycles. The lowest BCUT2D eigenvalue weighted by atomic mass is 9.85. The third kappa shape index (κ3) is 1.75. The fourth-order valence-electron chi connectivity index (χ4n) is 3.77. The van der Waals surface area contributed by atoms with Gasteiger partial charge in [0.15, 0.2) is 0 Å². The molecular weight excluding hydrogens is 200 g/mol. The molecule has 1 amide bonds. The van der Waals surface area contributed by atoms with Crippen molar-refractivity contribution in [3.05, 3.63) is 0 Å². The number of likely N-dealkylation sites (tertiary alicyclic amines) is 1. The molecule has 3 fully saturated rings. The van der Waals surface area contributed by atoms with Crippen molar-refractivity contribution in [2.24, 2.45) is 5.92 Å². The number of rotatable bonds is 1. The van der Waals surface area contributed by atoms with Crippen LogP contribution in [0.1, 0.15) is 44.9 Å². The zero-order valence-corrected chi connectivity index (χ0v) is 9.95. The predicted molar refractivity (Wildman–Crippen MR) is 63.1 cm³/mol. The highest BCUT2D eigenvalue weighted by Gasteiger charge is 2.40. The van der Waals surface area contributed by atoms with Gasteiger partial charge in [0.05, 0.1) is 6.04 Å². The summed E-state index contributed by atoms with van der Waals surface area (Å²) in [4.78, 5) is 14.6. The second-order valence-electron chi connectivity index (χ2n) is 5.58. The van der Waals surface area contributed by atoms with E-state index in [0.717, 1.165) is 25.4 Å². The smallest absolute Gasteiger partial charge is 0.239 e. The van der Waals surface area contributed by atoms with Gasteiger partial charge in [-0.15, -0.1) is 0 Å². The highest BCUT2D eigenvalue weighted by atomic mass is 16.2. The highest BCUT2D eigenvalue weighted by molar-refractivity contribution is 5.82. The summed E-state index contributed by atoms with van der Waals surface area (Å²) in [5.74, 6) is 1.21. The van der Waals surface area contributed by atoms with Crippen molar-refractivity contribution in [3.8, 4) is 0 Å². The Kier molecular flexibility index (Phi) is 2.88. The van der Waals surface area contributed by atoms with E-state index in [1.807, 2.05) is 0 Å². The summed E-state index contributed by atoms with van der Waals surface area (Å²) in [7, 11) is 0. The number of hydrogen-bond acceptors (Lipinski definition) is 2. The summed E-state index contributed by atoms with van der Waals surface area (Å²) in [6.07, 6.45) is 8.78. The SMILES string of the molecule is O=C([C@H]1CCCN1)N1CCC2CCCCC21. The molecule has 0 aromatic carbocycles. The van der Waals surface area contributed by atoms with Gasteiger partial charge in [-0.1, -0.05) is 12.8 Å². The molecule has 0 radical (unpaired) electrons. The normalized spacial score (nSPS) is 38.8. The van der Waals surface area contributed by atoms with E-state index < -0.39 is 0 Å². The van der Waals surface area contributed by atoms with Crippen LogP contribution in [-0.2, 0) is 4.79 Å². The number of nitrogens with zero attached hydrogens (tertiary/aromatic N) is 1. The Bertz CT molecular complexity index is 273. The lowest BCUT2D eigenvalue weighted by Gasteiger charge is -2.33. The molecule has 3 heteroatoms. The maximum absolute atomic E-state index is 12.4. The van der Waals surface area contributed by atoms with Crippen molar-refractivity contribution >= 4 is 5.91 Å². The fourth-order valence-corrected chi connectivity index (χ4v) is 3.77. The number of carbonyl (C=O) groups excluding carboxylic acids is 1. The second-order valence-corrected chi connectivity index (χ2v) is 5.58. The van der Waals surface area contributed by atoms with Crippen LogP contribution in [0.5, 0.6) is 0 Å². The predicted octanol–water partition coefficient (Wildman–Crippen LogP) is 1.53. The molecule has 2 unspecified atom stereocenters. The van der Waals surface area contributed by atoms with E-state index in [2.05, 4.69) is 10.2 Å². The van der Waals surface area contributed by atoms with E-state index in [1.165, 1.54) is 38.5 Å². The average molecular weight is 222 g/mol. The van der Waals surface area contributed by atoms with Gasteiger partial charge >= 0.3 is 0 Å². The monoisotopic (exact) mass is 222 g/mol. The Morgan fingerprint density at radius 2 is 1.94 bits per heavy atom. The van der Waals surface area contributed by atoms with E-state index in [4.69, 9.17) is 0 Å². The van der Waals surface area contributed by atoms with Crippen LogP contribution in [-0.4, -0.2) is 36.0 Å². The lowest BCUT2D eigenvalue weighted by Crippen LogP contribution is -2.47. The zero-order valence-electron chi connectivity index (χ0n) is 9.95. The van der Waals surface area contributed by atoms with Crippen LogP contribution in [0.2, 0.25) is 0 Å². The van der Waals surface area contributed by atoms with E-state index in [-0.39, 0.29) is 6.04 Å². The van der Waals surface area contributed by atoms with Crippen molar-refractivity contribution in [2.75, 3.05) is 13.1 Å². The average Bonchev–Trinajstić information content (AvgIpc) is 2.98. The summed E-state index contributed by atoms with van der Waals surface area (Å²) in [5.41, 5.74) is 0. The van der Waals surface area contributed by atoms with Crippen LogP contribution < -0.4 is 5.32 Å². The summed E-state index contributed by atoms with van der Waals surface area (Å²) in [6, 6.07) is 0.726. The van der Waals surface area contributed by atoms with E-state index in [9.17, 15) is 4.79 Å². The van der Waals surface area contributed by atoms with Crippen LogP contribution in [0.25, 0.3) is 0 Å². The summed E-state index contributed by atoms with van der Waals surface area (Å²) in [5, 5.41) is 3.34. The molecule has 3 nitrogen and oxygen atoms in total. The summed E-state index contributed by atoms with van der Waals surface area (Å²) < 4.78 is 0. The van der Waals surface area contributed by atoms with E-state index in [0.29, 0.717) is 11.9 Å². The van der Waals surface area contributed by atoms with Crippen LogP contribution in [0.4, 0.5) is 0 Å². The molecule has 90 valence electrons. The molecule has 2 saturated heterocycles. The van der Waals surface area contributed by atoms with Gasteiger partial charge in [-0.3, -0.25) is 4.79 Å². The van der Waals surface area contributed by atoms with E-state index >= 15 is 0 Å². The van der Waals surface area contributed by atoms with Crippen LogP contribution in [0.15, 0.2) is 0 Å². The molecule has 1 aliphatic carbocycles. The van der Waals surface area contributed by atoms with Crippen molar-refractivity contribution in [1.29, 1.82) is 0 Å². The van der Waals surface area contributed by atoms with Gasteiger partial charge in [0.2, 0.25) is 5.91 Å². The first-order chi connectivity index (χ1) is 7.86. The second kappa shape index (κ2) is 4.36. The molecule has 2 aliphatic heterocycles. The topological polar surface area (TPSA) is 32.3 Å². The molecule has 3 aliphatic rings. The number of hydrogen-bond donors (Lipinski definition) is 1. The molecule has 0 aromatic rings. The van der Waals surface area contributed by atoms with Crippen molar-refractivity contribution in [3.63, 3.8) is 0 Å². The van der Waals surface area contributed by atoms with Gasteiger partial charge in [-0.25, -0.2) is 0 Å². The number of fused-ring (bicyclic) bond motifs is 1. The maximum atomic E-state index is 12.4. The van der Waals surface area contributed by atoms with Gasteiger partial charge in [0.25, 0.3) is 0 Å². The molecule has 2 heterocycles. The van der Waals surface area contributed by atoms with Gasteiger partial charge in [-0.2, -0.15) is 0 Å². The van der Waals surface area contributed by atoms with Crippen molar-refractivity contribution in [1.82, 2.24) is 10.2 Å². The summed E-state index contributed by atoms with van der Waals surface area (Å²) in [6.45, 7) is 2.05. The van der Waals surface area contributed by atoms with Gasteiger partial charge in [0, 0.05) is 12.6 Å². The number of carbonyl (C=O) groups is 1. The Morgan fingerprint density at radius 3 is 2.75 bits per heavy atom. The summed E-state index contributed by atoms with van der Waals surface area (Å²) >= 11 is 0. The van der Waals surface area contributed by atoms with Crippen LogP contribution in [0.3, 0.4) is 0 Å². The molecular formula is C13H22N2O. The number of nitrogens with one attached hydrogen (secondary N) is 1.